The zero-order valence-electron chi connectivity index (χ0n) is 12.8. The minimum atomic E-state index is -0.464. The third-order valence-electron chi connectivity index (χ3n) is 3.53. The Balaban J connectivity index is 2.41. The number of anilines is 1. The van der Waals surface area contributed by atoms with Crippen LogP contribution in [0.5, 0.6) is 0 Å². The van der Waals surface area contributed by atoms with Gasteiger partial charge in [-0.15, -0.1) is 0 Å². The van der Waals surface area contributed by atoms with Crippen LogP contribution in [-0.2, 0) is 4.74 Å². The van der Waals surface area contributed by atoms with Crippen molar-refractivity contribution in [3.05, 3.63) is 29.8 Å². The van der Waals surface area contributed by atoms with Gasteiger partial charge in [-0.25, -0.2) is 14.8 Å². The first-order valence-electron chi connectivity index (χ1n) is 7.27. The summed E-state index contributed by atoms with van der Waals surface area (Å²) in [5, 5.41) is 0. The number of carbonyl (C=O) groups excluding carboxylic acids is 1. The Bertz CT molecular complexity index is 867. The highest BCUT2D eigenvalue weighted by atomic mass is 16.5. The van der Waals surface area contributed by atoms with Crippen LogP contribution in [0.25, 0.3) is 22.2 Å². The average Bonchev–Trinajstić information content (AvgIpc) is 2.76. The Morgan fingerprint density at radius 2 is 1.91 bits per heavy atom. The van der Waals surface area contributed by atoms with Crippen LogP contribution >= 0.6 is 0 Å². The minimum absolute atomic E-state index is 0.0566. The monoisotopic (exact) mass is 298 g/mol. The van der Waals surface area contributed by atoms with Gasteiger partial charge >= 0.3 is 5.97 Å². The van der Waals surface area contributed by atoms with Gasteiger partial charge in [0.1, 0.15) is 16.9 Å². The molecule has 0 saturated heterocycles. The molecule has 0 spiro atoms. The van der Waals surface area contributed by atoms with E-state index in [2.05, 4.69) is 9.97 Å². The molecule has 0 amide bonds. The molecule has 6 heteroatoms. The van der Waals surface area contributed by atoms with E-state index >= 15 is 0 Å². The molecule has 0 bridgehead atoms. The summed E-state index contributed by atoms with van der Waals surface area (Å²) in [6, 6.07) is 7.59. The van der Waals surface area contributed by atoms with E-state index in [4.69, 9.17) is 10.5 Å². The van der Waals surface area contributed by atoms with Crippen LogP contribution in [-0.4, -0.2) is 27.1 Å². The SMILES string of the molecule is CCOC(=O)c1c(N)n(C(C)C)c2nc3ccccc3nc12. The second-order valence-electron chi connectivity index (χ2n) is 5.33. The second-order valence-corrected chi connectivity index (χ2v) is 5.33. The quantitative estimate of drug-likeness (QED) is 0.752. The van der Waals surface area contributed by atoms with Gasteiger partial charge in [0, 0.05) is 6.04 Å². The van der Waals surface area contributed by atoms with E-state index in [1.807, 2.05) is 42.7 Å². The number of ether oxygens (including phenoxy) is 1. The Morgan fingerprint density at radius 1 is 1.27 bits per heavy atom. The van der Waals surface area contributed by atoms with E-state index in [9.17, 15) is 4.79 Å². The summed E-state index contributed by atoms with van der Waals surface area (Å²) in [5.41, 5.74) is 9.08. The van der Waals surface area contributed by atoms with Crippen LogP contribution < -0.4 is 5.73 Å². The lowest BCUT2D eigenvalue weighted by atomic mass is 10.2. The molecule has 0 saturated carbocycles. The van der Waals surface area contributed by atoms with Crippen molar-refractivity contribution < 1.29 is 9.53 Å². The molecule has 3 aromatic rings. The molecule has 0 fully saturated rings. The fraction of sp³-hybridized carbons (Fsp3) is 0.312. The van der Waals surface area contributed by atoms with Gasteiger partial charge in [-0.1, -0.05) is 12.1 Å². The van der Waals surface area contributed by atoms with Gasteiger partial charge in [-0.2, -0.15) is 0 Å². The van der Waals surface area contributed by atoms with Crippen molar-refractivity contribution >= 4 is 34.0 Å². The normalized spacial score (nSPS) is 11.5. The molecular formula is C16H18N4O2. The smallest absolute Gasteiger partial charge is 0.344 e. The maximum Gasteiger partial charge on any atom is 0.344 e. The van der Waals surface area contributed by atoms with E-state index in [1.54, 1.807) is 6.92 Å². The Morgan fingerprint density at radius 3 is 2.50 bits per heavy atom. The Hall–Kier alpha value is -2.63. The summed E-state index contributed by atoms with van der Waals surface area (Å²) < 4.78 is 6.94. The fourth-order valence-electron chi connectivity index (χ4n) is 2.61. The van der Waals surface area contributed by atoms with Gasteiger partial charge in [-0.05, 0) is 32.9 Å². The van der Waals surface area contributed by atoms with E-state index in [0.29, 0.717) is 22.5 Å². The fourth-order valence-corrected chi connectivity index (χ4v) is 2.61. The molecule has 1 aromatic carbocycles. The second kappa shape index (κ2) is 5.29. The van der Waals surface area contributed by atoms with Crippen molar-refractivity contribution in [3.63, 3.8) is 0 Å². The molecule has 22 heavy (non-hydrogen) atoms. The number of benzene rings is 1. The molecule has 0 atom stereocenters. The van der Waals surface area contributed by atoms with Crippen LogP contribution in [0.4, 0.5) is 5.82 Å². The van der Waals surface area contributed by atoms with Crippen molar-refractivity contribution in [1.82, 2.24) is 14.5 Å². The van der Waals surface area contributed by atoms with Gasteiger partial charge < -0.3 is 15.0 Å². The van der Waals surface area contributed by atoms with Gasteiger partial charge in [0.15, 0.2) is 5.65 Å². The first-order chi connectivity index (χ1) is 10.5. The number of rotatable bonds is 3. The molecule has 2 heterocycles. The molecule has 3 rings (SSSR count). The maximum absolute atomic E-state index is 12.3. The molecule has 0 aliphatic carbocycles. The summed E-state index contributed by atoms with van der Waals surface area (Å²) >= 11 is 0. The summed E-state index contributed by atoms with van der Waals surface area (Å²) in [5.74, 6) is -0.118. The molecule has 6 nitrogen and oxygen atoms in total. The topological polar surface area (TPSA) is 83.0 Å². The highest BCUT2D eigenvalue weighted by Crippen LogP contribution is 2.31. The van der Waals surface area contributed by atoms with E-state index in [0.717, 1.165) is 11.0 Å². The highest BCUT2D eigenvalue weighted by molar-refractivity contribution is 6.08. The molecular weight excluding hydrogens is 280 g/mol. The molecule has 2 aromatic heterocycles. The van der Waals surface area contributed by atoms with Gasteiger partial charge in [-0.3, -0.25) is 0 Å². The van der Waals surface area contributed by atoms with E-state index in [-0.39, 0.29) is 12.6 Å². The number of nitrogens with two attached hydrogens (primary N) is 1. The highest BCUT2D eigenvalue weighted by Gasteiger charge is 2.25. The van der Waals surface area contributed by atoms with Gasteiger partial charge in [0.2, 0.25) is 0 Å². The number of nitrogens with zero attached hydrogens (tertiary/aromatic N) is 3. The summed E-state index contributed by atoms with van der Waals surface area (Å²) in [7, 11) is 0. The van der Waals surface area contributed by atoms with Crippen LogP contribution in [0.15, 0.2) is 24.3 Å². The number of aromatic nitrogens is 3. The third-order valence-corrected chi connectivity index (χ3v) is 3.53. The van der Waals surface area contributed by atoms with Crippen molar-refractivity contribution in [2.75, 3.05) is 12.3 Å². The minimum Gasteiger partial charge on any atom is -0.462 e. The largest absolute Gasteiger partial charge is 0.462 e. The lowest BCUT2D eigenvalue weighted by molar-refractivity contribution is 0.0529. The first kappa shape index (κ1) is 14.3. The number of carbonyl (C=O) groups is 1. The number of hydrogen-bond acceptors (Lipinski definition) is 5. The number of para-hydroxylation sites is 2. The van der Waals surface area contributed by atoms with Crippen LogP contribution in [0, 0.1) is 0 Å². The van der Waals surface area contributed by atoms with Crippen molar-refractivity contribution in [3.8, 4) is 0 Å². The zero-order chi connectivity index (χ0) is 15.9. The van der Waals surface area contributed by atoms with Crippen molar-refractivity contribution in [1.29, 1.82) is 0 Å². The van der Waals surface area contributed by atoms with Crippen molar-refractivity contribution in [2.45, 2.75) is 26.8 Å². The van der Waals surface area contributed by atoms with Gasteiger partial charge in [0.25, 0.3) is 0 Å². The molecule has 114 valence electrons. The predicted octanol–water partition coefficient (Wildman–Crippen LogP) is 2.92. The number of nitrogen functional groups attached to an aromatic ring is 1. The molecule has 0 aliphatic rings. The Kier molecular flexibility index (Phi) is 3.44. The van der Waals surface area contributed by atoms with E-state index < -0.39 is 5.97 Å². The number of esters is 1. The molecule has 2 N–H and O–H groups in total. The zero-order valence-corrected chi connectivity index (χ0v) is 12.8. The summed E-state index contributed by atoms with van der Waals surface area (Å²) in [4.78, 5) is 21.5. The lowest BCUT2D eigenvalue weighted by Gasteiger charge is -2.11. The third kappa shape index (κ3) is 2.07. The van der Waals surface area contributed by atoms with Crippen LogP contribution in [0.2, 0.25) is 0 Å². The molecule has 0 unspecified atom stereocenters. The number of fused-ring (bicyclic) bond motifs is 2. The molecule has 0 radical (unpaired) electrons. The maximum atomic E-state index is 12.3. The summed E-state index contributed by atoms with van der Waals surface area (Å²) in [6.45, 7) is 6.02. The molecule has 0 aliphatic heterocycles. The van der Waals surface area contributed by atoms with E-state index in [1.165, 1.54) is 0 Å². The van der Waals surface area contributed by atoms with Crippen LogP contribution in [0.1, 0.15) is 37.2 Å². The number of hydrogen-bond donors (Lipinski definition) is 1. The average molecular weight is 298 g/mol. The lowest BCUT2D eigenvalue weighted by Crippen LogP contribution is -2.10. The van der Waals surface area contributed by atoms with Crippen molar-refractivity contribution in [2.24, 2.45) is 0 Å². The standard InChI is InChI=1S/C16H18N4O2/c1-4-22-16(21)12-13-15(20(9(2)3)14(12)17)19-11-8-6-5-7-10(11)18-13/h5-9H,4,17H2,1-3H3. The Labute approximate surface area is 127 Å². The predicted molar refractivity (Wildman–Crippen MR) is 85.8 cm³/mol. The van der Waals surface area contributed by atoms with Gasteiger partial charge in [0.05, 0.1) is 17.6 Å². The first-order valence-corrected chi connectivity index (χ1v) is 7.27. The van der Waals surface area contributed by atoms with Crippen LogP contribution in [0.3, 0.4) is 0 Å². The summed E-state index contributed by atoms with van der Waals surface area (Å²) in [6.07, 6.45) is 0.